The van der Waals surface area contributed by atoms with E-state index in [0.29, 0.717) is 11.4 Å². The van der Waals surface area contributed by atoms with Crippen LogP contribution in [0, 0.1) is 5.82 Å². The highest BCUT2D eigenvalue weighted by Gasteiger charge is 2.16. The van der Waals surface area contributed by atoms with Crippen molar-refractivity contribution in [2.45, 2.75) is 6.42 Å². The van der Waals surface area contributed by atoms with E-state index < -0.39 is 0 Å². The highest BCUT2D eigenvalue weighted by atomic mass is 19.1. The first-order valence-electron chi connectivity index (χ1n) is 3.60. The van der Waals surface area contributed by atoms with E-state index in [0.717, 1.165) is 18.5 Å². The lowest BCUT2D eigenvalue weighted by atomic mass is 10.1. The van der Waals surface area contributed by atoms with E-state index in [2.05, 4.69) is 5.32 Å². The molecule has 1 aliphatic rings. The van der Waals surface area contributed by atoms with Crippen LogP contribution in [0.3, 0.4) is 0 Å². The second-order valence-corrected chi connectivity index (χ2v) is 2.67. The fraction of sp³-hybridized carbons (Fsp3) is 0.250. The van der Waals surface area contributed by atoms with Crippen LogP contribution >= 0.6 is 0 Å². The molecule has 0 radical (unpaired) electrons. The molecule has 0 aromatic heterocycles. The largest absolute Gasteiger partial charge is 0.398 e. The summed E-state index contributed by atoms with van der Waals surface area (Å²) in [5.41, 5.74) is 7.83. The van der Waals surface area contributed by atoms with Crippen LogP contribution in [0.4, 0.5) is 15.8 Å². The van der Waals surface area contributed by atoms with Gasteiger partial charge in [0.1, 0.15) is 5.82 Å². The maximum Gasteiger partial charge on any atom is 0.146 e. The molecule has 2 rings (SSSR count). The lowest BCUT2D eigenvalue weighted by molar-refractivity contribution is 0.632. The minimum Gasteiger partial charge on any atom is -0.398 e. The fourth-order valence-corrected chi connectivity index (χ4v) is 1.41. The van der Waals surface area contributed by atoms with E-state index in [4.69, 9.17) is 5.73 Å². The topological polar surface area (TPSA) is 38.0 Å². The number of hydrogen-bond acceptors (Lipinski definition) is 2. The zero-order chi connectivity index (χ0) is 7.84. The molecule has 3 heteroatoms. The average Bonchev–Trinajstić information content (AvgIpc) is 2.45. The highest BCUT2D eigenvalue weighted by molar-refractivity contribution is 5.67. The Kier molecular flexibility index (Phi) is 1.24. The number of nitrogens with one attached hydrogen (secondary N) is 1. The Morgan fingerprint density at radius 1 is 1.45 bits per heavy atom. The predicted octanol–water partition coefficient (Wildman–Crippen LogP) is 1.38. The van der Waals surface area contributed by atoms with Gasteiger partial charge < -0.3 is 11.1 Å². The molecule has 0 atom stereocenters. The van der Waals surface area contributed by atoms with Crippen LogP contribution in [-0.4, -0.2) is 6.54 Å². The Balaban J connectivity index is 2.64. The monoisotopic (exact) mass is 152 g/mol. The molecule has 0 bridgehead atoms. The van der Waals surface area contributed by atoms with Crippen molar-refractivity contribution < 1.29 is 4.39 Å². The molecule has 0 fully saturated rings. The van der Waals surface area contributed by atoms with E-state index in [-0.39, 0.29) is 5.82 Å². The summed E-state index contributed by atoms with van der Waals surface area (Å²) in [5.74, 6) is -0.202. The van der Waals surface area contributed by atoms with Crippen molar-refractivity contribution >= 4 is 11.4 Å². The van der Waals surface area contributed by atoms with Gasteiger partial charge >= 0.3 is 0 Å². The number of anilines is 2. The Morgan fingerprint density at radius 2 is 2.27 bits per heavy atom. The van der Waals surface area contributed by atoms with Crippen LogP contribution in [0.25, 0.3) is 0 Å². The molecule has 0 unspecified atom stereocenters. The molecule has 3 N–H and O–H groups in total. The van der Waals surface area contributed by atoms with Gasteiger partial charge in [-0.05, 0) is 18.6 Å². The standard InChI is InChI=1S/C8H9FN2/c9-6-1-2-7(10)5-3-4-11-8(5)6/h1-2,11H,3-4,10H2. The third-order valence-corrected chi connectivity index (χ3v) is 1.98. The molecule has 1 aromatic rings. The Morgan fingerprint density at radius 3 is 3.00 bits per heavy atom. The maximum atomic E-state index is 13.0. The summed E-state index contributed by atoms with van der Waals surface area (Å²) in [5, 5.41) is 2.95. The number of rotatable bonds is 0. The predicted molar refractivity (Wildman–Crippen MR) is 43.0 cm³/mol. The Hall–Kier alpha value is -1.25. The van der Waals surface area contributed by atoms with Crippen molar-refractivity contribution in [3.63, 3.8) is 0 Å². The first kappa shape index (κ1) is 6.46. The fourth-order valence-electron chi connectivity index (χ4n) is 1.41. The summed E-state index contributed by atoms with van der Waals surface area (Å²) in [6, 6.07) is 3.01. The SMILES string of the molecule is Nc1ccc(F)c2c1CCN2. The number of halogens is 1. The van der Waals surface area contributed by atoms with Crippen LogP contribution in [0.2, 0.25) is 0 Å². The van der Waals surface area contributed by atoms with Gasteiger partial charge in [0.2, 0.25) is 0 Å². The molecule has 58 valence electrons. The van der Waals surface area contributed by atoms with Crippen LogP contribution in [0.5, 0.6) is 0 Å². The van der Waals surface area contributed by atoms with Gasteiger partial charge in [0.25, 0.3) is 0 Å². The lowest BCUT2D eigenvalue weighted by Gasteiger charge is -2.03. The lowest BCUT2D eigenvalue weighted by Crippen LogP contribution is -1.94. The van der Waals surface area contributed by atoms with E-state index in [9.17, 15) is 4.39 Å². The van der Waals surface area contributed by atoms with E-state index in [1.165, 1.54) is 6.07 Å². The zero-order valence-electron chi connectivity index (χ0n) is 6.02. The summed E-state index contributed by atoms with van der Waals surface area (Å²) in [6.07, 6.45) is 0.832. The molecule has 1 aliphatic heterocycles. The molecule has 0 saturated heterocycles. The van der Waals surface area contributed by atoms with Gasteiger partial charge in [0.15, 0.2) is 0 Å². The molecule has 1 aromatic carbocycles. The van der Waals surface area contributed by atoms with Crippen molar-refractivity contribution in [3.8, 4) is 0 Å². The summed E-state index contributed by atoms with van der Waals surface area (Å²) >= 11 is 0. The number of fused-ring (bicyclic) bond motifs is 1. The third-order valence-electron chi connectivity index (χ3n) is 1.98. The Bertz CT molecular complexity index is 267. The Labute approximate surface area is 64.2 Å². The maximum absolute atomic E-state index is 13.0. The van der Waals surface area contributed by atoms with Gasteiger partial charge in [0, 0.05) is 17.8 Å². The first-order valence-corrected chi connectivity index (χ1v) is 3.60. The van der Waals surface area contributed by atoms with Crippen LogP contribution in [0.1, 0.15) is 5.56 Å². The number of hydrogen-bond donors (Lipinski definition) is 2. The molecule has 11 heavy (non-hydrogen) atoms. The van der Waals surface area contributed by atoms with E-state index in [1.807, 2.05) is 0 Å². The molecule has 0 amide bonds. The van der Waals surface area contributed by atoms with Crippen molar-refractivity contribution in [2.75, 3.05) is 17.6 Å². The van der Waals surface area contributed by atoms with Crippen molar-refractivity contribution in [2.24, 2.45) is 0 Å². The average molecular weight is 152 g/mol. The number of nitrogens with two attached hydrogens (primary N) is 1. The number of benzene rings is 1. The molecule has 0 aliphatic carbocycles. The van der Waals surface area contributed by atoms with Gasteiger partial charge in [-0.1, -0.05) is 0 Å². The van der Waals surface area contributed by atoms with Gasteiger partial charge in [-0.3, -0.25) is 0 Å². The second-order valence-electron chi connectivity index (χ2n) is 2.67. The molecule has 1 heterocycles. The number of nitrogen functional groups attached to an aromatic ring is 1. The zero-order valence-corrected chi connectivity index (χ0v) is 6.02. The van der Waals surface area contributed by atoms with Gasteiger partial charge in [0.05, 0.1) is 5.69 Å². The van der Waals surface area contributed by atoms with Gasteiger partial charge in [-0.15, -0.1) is 0 Å². The summed E-state index contributed by atoms with van der Waals surface area (Å²) in [4.78, 5) is 0. The van der Waals surface area contributed by atoms with E-state index in [1.54, 1.807) is 6.07 Å². The van der Waals surface area contributed by atoms with Crippen LogP contribution in [-0.2, 0) is 6.42 Å². The minimum atomic E-state index is -0.202. The van der Waals surface area contributed by atoms with Crippen molar-refractivity contribution in [1.82, 2.24) is 0 Å². The minimum absolute atomic E-state index is 0.202. The normalized spacial score (nSPS) is 14.3. The van der Waals surface area contributed by atoms with Crippen LogP contribution < -0.4 is 11.1 Å². The van der Waals surface area contributed by atoms with Crippen LogP contribution in [0.15, 0.2) is 12.1 Å². The van der Waals surface area contributed by atoms with E-state index >= 15 is 0 Å². The molecular formula is C8H9FN2. The molecule has 0 saturated carbocycles. The van der Waals surface area contributed by atoms with Crippen molar-refractivity contribution in [1.29, 1.82) is 0 Å². The second kappa shape index (κ2) is 2.12. The summed E-state index contributed by atoms with van der Waals surface area (Å²) in [6.45, 7) is 0.792. The smallest absolute Gasteiger partial charge is 0.146 e. The third kappa shape index (κ3) is 0.843. The van der Waals surface area contributed by atoms with Gasteiger partial charge in [-0.25, -0.2) is 4.39 Å². The van der Waals surface area contributed by atoms with Crippen molar-refractivity contribution in [3.05, 3.63) is 23.5 Å². The quantitative estimate of drug-likeness (QED) is 0.551. The summed E-state index contributed by atoms with van der Waals surface area (Å²) < 4.78 is 13.0. The highest BCUT2D eigenvalue weighted by Crippen LogP contribution is 2.29. The first-order chi connectivity index (χ1) is 5.29. The summed E-state index contributed by atoms with van der Waals surface area (Å²) in [7, 11) is 0. The molecular weight excluding hydrogens is 143 g/mol. The molecule has 2 nitrogen and oxygen atoms in total. The van der Waals surface area contributed by atoms with Gasteiger partial charge in [-0.2, -0.15) is 0 Å². The molecule has 0 spiro atoms.